The summed E-state index contributed by atoms with van der Waals surface area (Å²) in [5.74, 6) is -1.02. The minimum Gasteiger partial charge on any atom is -0.480 e. The van der Waals surface area contributed by atoms with Gasteiger partial charge in [0.1, 0.15) is 24.1 Å². The molecule has 9 nitrogen and oxygen atoms in total. The Bertz CT molecular complexity index is 589. The van der Waals surface area contributed by atoms with E-state index in [0.29, 0.717) is 25.2 Å². The molecular weight excluding hydrogens is 292 g/mol. The molecule has 1 fully saturated rings. The molecule has 1 saturated heterocycles. The van der Waals surface area contributed by atoms with E-state index in [1.807, 2.05) is 0 Å². The smallest absolute Gasteiger partial charge is 0.326 e. The standard InChI is InChI=1S/C13H16N4O5/c1-8(12(18)16-6-2-3-10(16)13(19)20)15-11-5-4-9(7-14-11)17(21)22/h4-5,7-8,10H,2-3,6H2,1H3,(H,14,15)(H,19,20). The van der Waals surface area contributed by atoms with Crippen LogP contribution in [-0.2, 0) is 9.59 Å². The van der Waals surface area contributed by atoms with Gasteiger partial charge in [0.2, 0.25) is 5.91 Å². The highest BCUT2D eigenvalue weighted by molar-refractivity contribution is 5.88. The van der Waals surface area contributed by atoms with Crippen molar-refractivity contribution < 1.29 is 19.6 Å². The lowest BCUT2D eigenvalue weighted by molar-refractivity contribution is -0.385. The monoisotopic (exact) mass is 308 g/mol. The normalized spacial score (nSPS) is 18.8. The van der Waals surface area contributed by atoms with Gasteiger partial charge >= 0.3 is 5.97 Å². The van der Waals surface area contributed by atoms with Gasteiger partial charge in [-0.25, -0.2) is 9.78 Å². The predicted molar refractivity (Wildman–Crippen MR) is 76.3 cm³/mol. The number of anilines is 1. The van der Waals surface area contributed by atoms with Crippen molar-refractivity contribution in [3.8, 4) is 0 Å². The lowest BCUT2D eigenvalue weighted by atomic mass is 10.2. The van der Waals surface area contributed by atoms with Crippen LogP contribution >= 0.6 is 0 Å². The van der Waals surface area contributed by atoms with Crippen LogP contribution in [0.2, 0.25) is 0 Å². The van der Waals surface area contributed by atoms with Crippen molar-refractivity contribution in [1.82, 2.24) is 9.88 Å². The fourth-order valence-electron chi connectivity index (χ4n) is 2.40. The molecule has 22 heavy (non-hydrogen) atoms. The van der Waals surface area contributed by atoms with E-state index in [-0.39, 0.29) is 11.6 Å². The number of aliphatic carboxylic acids is 1. The second-order valence-corrected chi connectivity index (χ2v) is 5.05. The van der Waals surface area contributed by atoms with Gasteiger partial charge in [0.25, 0.3) is 5.69 Å². The fraction of sp³-hybridized carbons (Fsp3) is 0.462. The van der Waals surface area contributed by atoms with Gasteiger partial charge in [-0.05, 0) is 25.8 Å². The summed E-state index contributed by atoms with van der Waals surface area (Å²) >= 11 is 0. The number of nitrogens with one attached hydrogen (secondary N) is 1. The molecule has 2 atom stereocenters. The number of hydrogen-bond donors (Lipinski definition) is 2. The zero-order valence-electron chi connectivity index (χ0n) is 11.9. The molecule has 1 amide bonds. The van der Waals surface area contributed by atoms with Gasteiger partial charge in [0.05, 0.1) is 4.92 Å². The minimum atomic E-state index is -1.01. The number of amides is 1. The van der Waals surface area contributed by atoms with Gasteiger partial charge in [-0.2, -0.15) is 0 Å². The number of likely N-dealkylation sites (tertiary alicyclic amines) is 1. The Kier molecular flexibility index (Phi) is 4.54. The largest absolute Gasteiger partial charge is 0.480 e. The molecule has 2 N–H and O–H groups in total. The number of carbonyl (C=O) groups excluding carboxylic acids is 1. The molecule has 1 aromatic rings. The van der Waals surface area contributed by atoms with Crippen LogP contribution in [0.3, 0.4) is 0 Å². The number of nitrogens with zero attached hydrogens (tertiary/aromatic N) is 3. The number of carboxylic acids is 1. The van der Waals surface area contributed by atoms with Crippen LogP contribution in [0.25, 0.3) is 0 Å². The minimum absolute atomic E-state index is 0.144. The van der Waals surface area contributed by atoms with Crippen LogP contribution in [0.5, 0.6) is 0 Å². The first-order valence-corrected chi connectivity index (χ1v) is 6.80. The van der Waals surface area contributed by atoms with E-state index >= 15 is 0 Å². The van der Waals surface area contributed by atoms with Gasteiger partial charge in [-0.15, -0.1) is 0 Å². The Hall–Kier alpha value is -2.71. The molecule has 0 spiro atoms. The maximum atomic E-state index is 12.3. The van der Waals surface area contributed by atoms with Crippen molar-refractivity contribution in [3.05, 3.63) is 28.4 Å². The van der Waals surface area contributed by atoms with Crippen molar-refractivity contribution in [2.45, 2.75) is 31.8 Å². The van der Waals surface area contributed by atoms with E-state index in [1.165, 1.54) is 17.0 Å². The number of nitro groups is 1. The first kappa shape index (κ1) is 15.7. The number of aromatic nitrogens is 1. The maximum absolute atomic E-state index is 12.3. The highest BCUT2D eigenvalue weighted by atomic mass is 16.6. The molecule has 2 unspecified atom stereocenters. The Morgan fingerprint density at radius 2 is 2.27 bits per heavy atom. The van der Waals surface area contributed by atoms with E-state index < -0.39 is 23.0 Å². The van der Waals surface area contributed by atoms with E-state index in [0.717, 1.165) is 6.20 Å². The van der Waals surface area contributed by atoms with Crippen LogP contribution in [0, 0.1) is 10.1 Å². The van der Waals surface area contributed by atoms with E-state index in [2.05, 4.69) is 10.3 Å². The molecule has 0 aliphatic carbocycles. The summed E-state index contributed by atoms with van der Waals surface area (Å²) in [5.41, 5.74) is -0.144. The second-order valence-electron chi connectivity index (χ2n) is 5.05. The molecule has 118 valence electrons. The van der Waals surface area contributed by atoms with Gasteiger partial charge in [-0.1, -0.05) is 0 Å². The third kappa shape index (κ3) is 3.30. The van der Waals surface area contributed by atoms with Gasteiger partial charge in [-0.3, -0.25) is 14.9 Å². The molecule has 1 aromatic heterocycles. The summed E-state index contributed by atoms with van der Waals surface area (Å²) < 4.78 is 0. The number of hydrogen-bond acceptors (Lipinski definition) is 6. The van der Waals surface area contributed by atoms with Gasteiger partial charge < -0.3 is 15.3 Å². The number of pyridine rings is 1. The van der Waals surface area contributed by atoms with Crippen molar-refractivity contribution in [3.63, 3.8) is 0 Å². The summed E-state index contributed by atoms with van der Waals surface area (Å²) in [7, 11) is 0. The van der Waals surface area contributed by atoms with Crippen LogP contribution < -0.4 is 5.32 Å². The maximum Gasteiger partial charge on any atom is 0.326 e. The van der Waals surface area contributed by atoms with E-state index in [4.69, 9.17) is 5.11 Å². The predicted octanol–water partition coefficient (Wildman–Crippen LogP) is 0.866. The Morgan fingerprint density at radius 1 is 1.55 bits per heavy atom. The highest BCUT2D eigenvalue weighted by Gasteiger charge is 2.35. The SMILES string of the molecule is CC(Nc1ccc([N+](=O)[O-])cn1)C(=O)N1CCCC1C(=O)O. The molecule has 0 radical (unpaired) electrons. The second kappa shape index (κ2) is 6.37. The van der Waals surface area contributed by atoms with Gasteiger partial charge in [0.15, 0.2) is 0 Å². The topological polar surface area (TPSA) is 126 Å². The first-order valence-electron chi connectivity index (χ1n) is 6.80. The Balaban J connectivity index is 2.02. The average molecular weight is 308 g/mol. The lowest BCUT2D eigenvalue weighted by Gasteiger charge is -2.25. The third-order valence-electron chi connectivity index (χ3n) is 3.51. The summed E-state index contributed by atoms with van der Waals surface area (Å²) in [4.78, 5) is 38.6. The summed E-state index contributed by atoms with van der Waals surface area (Å²) in [5, 5.41) is 22.5. The molecule has 0 saturated carbocycles. The molecule has 2 heterocycles. The third-order valence-corrected chi connectivity index (χ3v) is 3.51. The van der Waals surface area contributed by atoms with Crippen LogP contribution in [0.4, 0.5) is 11.5 Å². The van der Waals surface area contributed by atoms with Crippen molar-refractivity contribution in [2.75, 3.05) is 11.9 Å². The molecular formula is C13H16N4O5. The lowest BCUT2D eigenvalue weighted by Crippen LogP contribution is -2.46. The fourth-order valence-corrected chi connectivity index (χ4v) is 2.40. The summed E-state index contributed by atoms with van der Waals surface area (Å²) in [6.45, 7) is 2.01. The number of carboxylic acid groups (broad SMARTS) is 1. The quantitative estimate of drug-likeness (QED) is 0.610. The number of rotatable bonds is 5. The van der Waals surface area contributed by atoms with Crippen LogP contribution in [0.15, 0.2) is 18.3 Å². The first-order chi connectivity index (χ1) is 10.4. The summed E-state index contributed by atoms with van der Waals surface area (Å²) in [6.07, 6.45) is 2.20. The van der Waals surface area contributed by atoms with Crippen LogP contribution in [-0.4, -0.2) is 50.4 Å². The van der Waals surface area contributed by atoms with E-state index in [1.54, 1.807) is 6.92 Å². The molecule has 2 rings (SSSR count). The molecule has 1 aliphatic heterocycles. The average Bonchev–Trinajstić information content (AvgIpc) is 2.96. The zero-order valence-corrected chi connectivity index (χ0v) is 11.9. The zero-order chi connectivity index (χ0) is 16.3. The molecule has 0 bridgehead atoms. The van der Waals surface area contributed by atoms with Gasteiger partial charge in [0, 0.05) is 12.6 Å². The Morgan fingerprint density at radius 3 is 2.82 bits per heavy atom. The molecule has 1 aliphatic rings. The van der Waals surface area contributed by atoms with Crippen LogP contribution in [0.1, 0.15) is 19.8 Å². The van der Waals surface area contributed by atoms with Crippen molar-refractivity contribution in [2.24, 2.45) is 0 Å². The molecule has 9 heteroatoms. The molecule has 0 aromatic carbocycles. The Labute approximate surface area is 126 Å². The highest BCUT2D eigenvalue weighted by Crippen LogP contribution is 2.19. The van der Waals surface area contributed by atoms with Crippen molar-refractivity contribution >= 4 is 23.4 Å². The van der Waals surface area contributed by atoms with Crippen molar-refractivity contribution in [1.29, 1.82) is 0 Å². The summed E-state index contributed by atoms with van der Waals surface area (Å²) in [6, 6.07) is 1.22. The number of carbonyl (C=O) groups is 2. The van der Waals surface area contributed by atoms with E-state index in [9.17, 15) is 19.7 Å².